The molecule has 1 saturated carbocycles. The molecule has 14 nitrogen and oxygen atoms in total. The van der Waals surface area contributed by atoms with Gasteiger partial charge in [0.05, 0.1) is 28.6 Å². The van der Waals surface area contributed by atoms with Gasteiger partial charge in [-0.2, -0.15) is 0 Å². The lowest BCUT2D eigenvalue weighted by Gasteiger charge is -2.38. The number of fused-ring (bicyclic) bond motifs is 2. The zero-order chi connectivity index (χ0) is 60.6. The van der Waals surface area contributed by atoms with Crippen LogP contribution >= 0.6 is 0 Å². The van der Waals surface area contributed by atoms with E-state index in [1.807, 2.05) is 109 Å². The van der Waals surface area contributed by atoms with Crippen molar-refractivity contribution in [2.45, 2.75) is 147 Å². The Morgan fingerprint density at radius 2 is 0.750 bits per heavy atom. The molecule has 2 saturated heterocycles. The Hall–Kier alpha value is -8.46. The van der Waals surface area contributed by atoms with E-state index in [2.05, 4.69) is 119 Å². The van der Waals surface area contributed by atoms with Crippen LogP contribution in [0.15, 0.2) is 210 Å². The first kappa shape index (κ1) is 61.2. The van der Waals surface area contributed by atoms with E-state index < -0.39 is 12.2 Å². The van der Waals surface area contributed by atoms with E-state index in [-0.39, 0.29) is 35.5 Å². The van der Waals surface area contributed by atoms with E-state index >= 15 is 0 Å². The third kappa shape index (κ3) is 15.4. The number of hydrogen-bond donors (Lipinski definition) is 2. The Kier molecular flexibility index (Phi) is 20.8. The quantitative estimate of drug-likeness (QED) is 0.0683. The molecule has 458 valence electrons. The molecule has 3 fully saturated rings. The van der Waals surface area contributed by atoms with Gasteiger partial charge in [-0.15, -0.1) is 0 Å². The number of imidazole rings is 2. The van der Waals surface area contributed by atoms with Crippen molar-refractivity contribution < 1.29 is 19.8 Å². The molecule has 2 aromatic heterocycles. The van der Waals surface area contributed by atoms with E-state index in [4.69, 9.17) is 0 Å². The Balaban J connectivity index is 0.000000182. The van der Waals surface area contributed by atoms with Crippen LogP contribution in [0.3, 0.4) is 0 Å². The number of carbonyl (C=O) groups is 2. The SMILES string of the molecule is O=C(O)N1CCC(n2c(=O)n(CC3CCCCC3)c3ccccc32)C[C@@H]1CCCN(Cc1ccccc1)Cc1ccccc1.O=C(O)N1CCC(n2c(=O)n(Cc3ccccc3)c3ccccc32)C[C@@H]1CCCN(Cc1ccccc1)Cc1ccccc1. The van der Waals surface area contributed by atoms with Crippen LogP contribution in [0.4, 0.5) is 9.59 Å². The molecule has 0 radical (unpaired) electrons. The highest BCUT2D eigenvalue weighted by atomic mass is 16.4. The Bertz CT molecular complexity index is 3690. The van der Waals surface area contributed by atoms with Gasteiger partial charge in [-0.1, -0.05) is 195 Å². The summed E-state index contributed by atoms with van der Waals surface area (Å²) in [5, 5.41) is 20.2. The molecule has 0 spiro atoms. The van der Waals surface area contributed by atoms with Gasteiger partial charge in [0.25, 0.3) is 0 Å². The summed E-state index contributed by atoms with van der Waals surface area (Å²) in [7, 11) is 0. The van der Waals surface area contributed by atoms with Crippen LogP contribution < -0.4 is 11.4 Å². The van der Waals surface area contributed by atoms with E-state index in [1.165, 1.54) is 54.4 Å². The van der Waals surface area contributed by atoms with Gasteiger partial charge in [-0.3, -0.25) is 28.1 Å². The molecule has 4 heterocycles. The van der Waals surface area contributed by atoms with Crippen LogP contribution in [0, 0.1) is 5.92 Å². The molecular formula is C74H86N8O6. The lowest BCUT2D eigenvalue weighted by Crippen LogP contribution is -2.47. The molecule has 2 amide bonds. The van der Waals surface area contributed by atoms with Gasteiger partial charge in [0.2, 0.25) is 0 Å². The second kappa shape index (κ2) is 30.0. The standard InChI is InChI=1S/C37H46N4O3.C37H40N4O3/c2*42-36-40(28-31-17-8-3-9-18-31)34-20-10-11-21-35(34)41(36)33-22-24-39(37(43)44)32(25-33)19-12-23-38(26-29-13-4-1-5-14-29)27-30-15-6-2-7-16-30/h1-2,4-7,10-11,13-16,20-21,31-33H,3,8-9,12,17-19,22-28H2,(H,43,44);1-11,13-18,20-21,32-33H,12,19,22-28H2,(H,43,44)/t2*32-,33?/m00/s1. The largest absolute Gasteiger partial charge is 0.465 e. The minimum absolute atomic E-state index is 0.00894. The van der Waals surface area contributed by atoms with Crippen molar-refractivity contribution in [2.24, 2.45) is 5.92 Å². The van der Waals surface area contributed by atoms with Crippen molar-refractivity contribution in [1.29, 1.82) is 0 Å². The molecule has 7 aromatic carbocycles. The predicted octanol–water partition coefficient (Wildman–Crippen LogP) is 14.6. The second-order valence-electron chi connectivity index (χ2n) is 24.7. The summed E-state index contributed by atoms with van der Waals surface area (Å²) >= 11 is 0. The fraction of sp³-hybridized carbons (Fsp3) is 0.378. The summed E-state index contributed by atoms with van der Waals surface area (Å²) in [6, 6.07) is 67.9. The van der Waals surface area contributed by atoms with Gasteiger partial charge in [0.15, 0.2) is 0 Å². The molecule has 2 N–H and O–H groups in total. The summed E-state index contributed by atoms with van der Waals surface area (Å²) in [6.07, 6.45) is 10.3. The average Bonchev–Trinajstić information content (AvgIpc) is 2.08. The van der Waals surface area contributed by atoms with Crippen LogP contribution in [0.2, 0.25) is 0 Å². The molecule has 12 rings (SSSR count). The molecule has 2 unspecified atom stereocenters. The minimum Gasteiger partial charge on any atom is -0.465 e. The maximum atomic E-state index is 14.0. The number of para-hydroxylation sites is 4. The highest BCUT2D eigenvalue weighted by Crippen LogP contribution is 2.35. The molecule has 0 bridgehead atoms. The van der Waals surface area contributed by atoms with Crippen molar-refractivity contribution in [2.75, 3.05) is 26.2 Å². The Morgan fingerprint density at radius 3 is 1.14 bits per heavy atom. The molecule has 88 heavy (non-hydrogen) atoms. The monoisotopic (exact) mass is 1180 g/mol. The minimum atomic E-state index is -0.877. The normalized spacial score (nSPS) is 18.2. The number of carboxylic acid groups (broad SMARTS) is 2. The highest BCUT2D eigenvalue weighted by molar-refractivity contribution is 5.77. The summed E-state index contributed by atoms with van der Waals surface area (Å²) in [4.78, 5) is 60.8. The number of likely N-dealkylation sites (tertiary alicyclic amines) is 2. The summed E-state index contributed by atoms with van der Waals surface area (Å²) in [5.41, 5.74) is 10.0. The third-order valence-corrected chi connectivity index (χ3v) is 18.7. The maximum absolute atomic E-state index is 14.0. The van der Waals surface area contributed by atoms with E-state index in [0.29, 0.717) is 51.2 Å². The topological polar surface area (TPSA) is 141 Å². The van der Waals surface area contributed by atoms with Crippen molar-refractivity contribution >= 4 is 34.3 Å². The fourth-order valence-corrected chi connectivity index (χ4v) is 14.4. The number of amides is 2. The second-order valence-corrected chi connectivity index (χ2v) is 24.7. The Morgan fingerprint density at radius 1 is 0.409 bits per heavy atom. The first-order valence-electron chi connectivity index (χ1n) is 32.2. The summed E-state index contributed by atoms with van der Waals surface area (Å²) < 4.78 is 7.80. The number of hydrogen-bond acceptors (Lipinski definition) is 6. The van der Waals surface area contributed by atoms with Crippen LogP contribution in [0.5, 0.6) is 0 Å². The van der Waals surface area contributed by atoms with Crippen LogP contribution in [0.1, 0.15) is 123 Å². The molecule has 4 atom stereocenters. The van der Waals surface area contributed by atoms with Crippen LogP contribution in [-0.4, -0.2) is 98.5 Å². The predicted molar refractivity (Wildman–Crippen MR) is 351 cm³/mol. The van der Waals surface area contributed by atoms with Gasteiger partial charge in [0, 0.05) is 70.0 Å². The molecule has 1 aliphatic carbocycles. The van der Waals surface area contributed by atoms with Gasteiger partial charge < -0.3 is 20.0 Å². The smallest absolute Gasteiger partial charge is 0.407 e. The number of nitrogens with zero attached hydrogens (tertiary/aromatic N) is 8. The molecule has 2 aliphatic heterocycles. The number of rotatable bonds is 22. The summed E-state index contributed by atoms with van der Waals surface area (Å²) in [6.45, 7) is 7.26. The zero-order valence-corrected chi connectivity index (χ0v) is 50.8. The fourth-order valence-electron chi connectivity index (χ4n) is 14.4. The number of piperidine rings is 2. The van der Waals surface area contributed by atoms with E-state index in [9.17, 15) is 29.4 Å². The first-order valence-corrected chi connectivity index (χ1v) is 32.2. The van der Waals surface area contributed by atoms with Gasteiger partial charge >= 0.3 is 23.6 Å². The summed E-state index contributed by atoms with van der Waals surface area (Å²) in [5.74, 6) is 0.553. The average molecular weight is 1180 g/mol. The Labute approximate surface area is 517 Å². The molecular weight excluding hydrogens is 1100 g/mol. The molecule has 9 aromatic rings. The molecule has 14 heteroatoms. The third-order valence-electron chi connectivity index (χ3n) is 18.7. The molecule has 3 aliphatic rings. The highest BCUT2D eigenvalue weighted by Gasteiger charge is 2.36. The zero-order valence-electron chi connectivity index (χ0n) is 50.8. The van der Waals surface area contributed by atoms with Crippen molar-refractivity contribution in [3.05, 3.63) is 249 Å². The van der Waals surface area contributed by atoms with Gasteiger partial charge in [-0.05, 0) is 135 Å². The van der Waals surface area contributed by atoms with Crippen molar-refractivity contribution in [3.63, 3.8) is 0 Å². The number of aromatic nitrogens is 4. The lowest BCUT2D eigenvalue weighted by atomic mass is 9.89. The lowest BCUT2D eigenvalue weighted by molar-refractivity contribution is 0.0843. The number of benzene rings is 7. The van der Waals surface area contributed by atoms with E-state index in [1.54, 1.807) is 9.80 Å². The van der Waals surface area contributed by atoms with Crippen molar-refractivity contribution in [1.82, 2.24) is 37.9 Å². The van der Waals surface area contributed by atoms with Crippen LogP contribution in [0.25, 0.3) is 22.1 Å². The maximum Gasteiger partial charge on any atom is 0.407 e. The van der Waals surface area contributed by atoms with Crippen molar-refractivity contribution in [3.8, 4) is 0 Å². The van der Waals surface area contributed by atoms with Gasteiger partial charge in [0.1, 0.15) is 0 Å². The van der Waals surface area contributed by atoms with E-state index in [0.717, 1.165) is 99.1 Å². The van der Waals surface area contributed by atoms with Gasteiger partial charge in [-0.25, -0.2) is 19.2 Å². The van der Waals surface area contributed by atoms with Crippen LogP contribution in [-0.2, 0) is 39.3 Å². The first-order chi connectivity index (χ1) is 43.1.